The Morgan fingerprint density at radius 1 is 1.29 bits per heavy atom. The van der Waals surface area contributed by atoms with Crippen molar-refractivity contribution in [1.82, 2.24) is 0 Å². The van der Waals surface area contributed by atoms with E-state index in [1.165, 1.54) is 13.2 Å². The number of anilines is 1. The summed E-state index contributed by atoms with van der Waals surface area (Å²) in [5.74, 6) is -0.159. The largest absolute Gasteiger partial charge is 0.494 e. The number of nitrogens with one attached hydrogen (secondary N) is 1. The summed E-state index contributed by atoms with van der Waals surface area (Å²) in [6.07, 6.45) is 0. The second-order valence-corrected chi connectivity index (χ2v) is 5.42. The Kier molecular flexibility index (Phi) is 4.81. The van der Waals surface area contributed by atoms with Crippen molar-refractivity contribution in [3.8, 4) is 11.8 Å². The summed E-state index contributed by atoms with van der Waals surface area (Å²) in [6.45, 7) is 1.94. The van der Waals surface area contributed by atoms with Gasteiger partial charge in [-0.2, -0.15) is 5.26 Å². The lowest BCUT2D eigenvalue weighted by molar-refractivity contribution is 0.386. The first-order chi connectivity index (χ1) is 10.0. The zero-order valence-electron chi connectivity index (χ0n) is 11.7. The van der Waals surface area contributed by atoms with Crippen molar-refractivity contribution in [1.29, 1.82) is 5.26 Å². The van der Waals surface area contributed by atoms with Crippen LogP contribution in [0.25, 0.3) is 0 Å². The van der Waals surface area contributed by atoms with Gasteiger partial charge >= 0.3 is 0 Å². The van der Waals surface area contributed by atoms with Crippen LogP contribution in [-0.2, 0) is 0 Å². The molecule has 0 aliphatic heterocycles. The van der Waals surface area contributed by atoms with Crippen LogP contribution < -0.4 is 10.1 Å². The molecule has 0 amide bonds. The Morgan fingerprint density at radius 2 is 2.05 bits per heavy atom. The zero-order valence-corrected chi connectivity index (χ0v) is 13.2. The molecule has 1 unspecified atom stereocenters. The molecule has 1 N–H and O–H groups in total. The Labute approximate surface area is 131 Å². The highest BCUT2D eigenvalue weighted by Gasteiger charge is 2.11. The minimum Gasteiger partial charge on any atom is -0.494 e. The van der Waals surface area contributed by atoms with Gasteiger partial charge in [0.2, 0.25) is 0 Å². The molecular weight excluding hydrogens is 335 g/mol. The maximum Gasteiger partial charge on any atom is 0.165 e. The first kappa shape index (κ1) is 15.3. The first-order valence-electron chi connectivity index (χ1n) is 6.34. The van der Waals surface area contributed by atoms with Crippen molar-refractivity contribution >= 4 is 21.6 Å². The van der Waals surface area contributed by atoms with Crippen LogP contribution in [0.2, 0.25) is 0 Å². The quantitative estimate of drug-likeness (QED) is 0.875. The SMILES string of the molecule is COc1ccc(C(C)Nc2ccc(C#N)cc2Br)cc1F. The lowest BCUT2D eigenvalue weighted by atomic mass is 10.1. The van der Waals surface area contributed by atoms with Gasteiger partial charge in [0, 0.05) is 16.2 Å². The fourth-order valence-corrected chi connectivity index (χ4v) is 2.46. The fraction of sp³-hybridized carbons (Fsp3) is 0.188. The van der Waals surface area contributed by atoms with E-state index in [2.05, 4.69) is 27.3 Å². The molecule has 2 aromatic carbocycles. The molecular formula is C16H14BrFN2O. The van der Waals surface area contributed by atoms with Crippen molar-refractivity contribution < 1.29 is 9.13 Å². The Bertz CT molecular complexity index is 697. The highest BCUT2D eigenvalue weighted by atomic mass is 79.9. The van der Waals surface area contributed by atoms with Gasteiger partial charge in [0.05, 0.1) is 18.7 Å². The minimum atomic E-state index is -0.387. The molecule has 0 saturated carbocycles. The van der Waals surface area contributed by atoms with Gasteiger partial charge in [0.15, 0.2) is 11.6 Å². The van der Waals surface area contributed by atoms with Gasteiger partial charge in [-0.25, -0.2) is 4.39 Å². The van der Waals surface area contributed by atoms with E-state index in [1.807, 2.05) is 19.1 Å². The Balaban J connectivity index is 2.20. The fourth-order valence-electron chi connectivity index (χ4n) is 1.97. The van der Waals surface area contributed by atoms with E-state index in [1.54, 1.807) is 18.2 Å². The monoisotopic (exact) mass is 348 g/mol. The molecule has 0 aromatic heterocycles. The van der Waals surface area contributed by atoms with Crippen LogP contribution in [0.15, 0.2) is 40.9 Å². The standard InChI is InChI=1S/C16H14BrFN2O/c1-10(12-4-6-16(21-2)14(18)8-12)20-15-5-3-11(9-19)7-13(15)17/h3-8,10,20H,1-2H3. The first-order valence-corrected chi connectivity index (χ1v) is 7.14. The van der Waals surface area contributed by atoms with Gasteiger partial charge in [-0.15, -0.1) is 0 Å². The maximum absolute atomic E-state index is 13.7. The van der Waals surface area contributed by atoms with E-state index in [0.717, 1.165) is 15.7 Å². The van der Waals surface area contributed by atoms with Crippen LogP contribution in [0.3, 0.4) is 0 Å². The van der Waals surface area contributed by atoms with Gasteiger partial charge < -0.3 is 10.1 Å². The van der Waals surface area contributed by atoms with E-state index in [4.69, 9.17) is 10.00 Å². The maximum atomic E-state index is 13.7. The molecule has 5 heteroatoms. The van der Waals surface area contributed by atoms with Crippen molar-refractivity contribution in [3.05, 3.63) is 57.8 Å². The average Bonchev–Trinajstić information content (AvgIpc) is 2.49. The molecule has 2 aromatic rings. The van der Waals surface area contributed by atoms with Crippen LogP contribution in [0.5, 0.6) is 5.75 Å². The van der Waals surface area contributed by atoms with Crippen LogP contribution >= 0.6 is 15.9 Å². The molecule has 0 aliphatic carbocycles. The molecule has 0 saturated heterocycles. The molecule has 1 atom stereocenters. The molecule has 0 fully saturated rings. The number of halogens is 2. The van der Waals surface area contributed by atoms with Crippen molar-refractivity contribution in [2.24, 2.45) is 0 Å². The number of hydrogen-bond acceptors (Lipinski definition) is 3. The Morgan fingerprint density at radius 3 is 2.62 bits per heavy atom. The number of ether oxygens (including phenoxy) is 1. The summed E-state index contributed by atoms with van der Waals surface area (Å²) in [7, 11) is 1.44. The second-order valence-electron chi connectivity index (χ2n) is 4.57. The number of nitrogens with zero attached hydrogens (tertiary/aromatic N) is 1. The van der Waals surface area contributed by atoms with E-state index >= 15 is 0 Å². The molecule has 3 nitrogen and oxygen atoms in total. The van der Waals surface area contributed by atoms with Crippen LogP contribution in [0, 0.1) is 17.1 Å². The smallest absolute Gasteiger partial charge is 0.165 e. The normalized spacial score (nSPS) is 11.6. The summed E-state index contributed by atoms with van der Waals surface area (Å²) in [6, 6.07) is 12.2. The predicted molar refractivity (Wildman–Crippen MR) is 83.8 cm³/mol. The summed E-state index contributed by atoms with van der Waals surface area (Å²) >= 11 is 3.42. The van der Waals surface area contributed by atoms with Gasteiger partial charge in [-0.05, 0) is 58.7 Å². The molecule has 0 radical (unpaired) electrons. The number of nitriles is 1. The highest BCUT2D eigenvalue weighted by molar-refractivity contribution is 9.10. The van der Waals surface area contributed by atoms with Gasteiger partial charge in [-0.3, -0.25) is 0 Å². The van der Waals surface area contributed by atoms with Crippen LogP contribution in [0.4, 0.5) is 10.1 Å². The molecule has 21 heavy (non-hydrogen) atoms. The highest BCUT2D eigenvalue weighted by Crippen LogP contribution is 2.29. The third-order valence-corrected chi connectivity index (χ3v) is 3.80. The summed E-state index contributed by atoms with van der Waals surface area (Å²) in [4.78, 5) is 0. The topological polar surface area (TPSA) is 45.0 Å². The number of hydrogen-bond donors (Lipinski definition) is 1. The molecule has 0 aliphatic rings. The lowest BCUT2D eigenvalue weighted by Crippen LogP contribution is -2.07. The molecule has 108 valence electrons. The average molecular weight is 349 g/mol. The van der Waals surface area contributed by atoms with Crippen LogP contribution in [-0.4, -0.2) is 7.11 Å². The lowest BCUT2D eigenvalue weighted by Gasteiger charge is -2.17. The van der Waals surface area contributed by atoms with Crippen molar-refractivity contribution in [2.45, 2.75) is 13.0 Å². The second kappa shape index (κ2) is 6.59. The molecule has 0 bridgehead atoms. The minimum absolute atomic E-state index is 0.0883. The van der Waals surface area contributed by atoms with E-state index < -0.39 is 0 Å². The van der Waals surface area contributed by atoms with Crippen LogP contribution in [0.1, 0.15) is 24.1 Å². The van der Waals surface area contributed by atoms with Crippen molar-refractivity contribution in [2.75, 3.05) is 12.4 Å². The van der Waals surface area contributed by atoms with Gasteiger partial charge in [0.1, 0.15) is 0 Å². The van der Waals surface area contributed by atoms with E-state index in [0.29, 0.717) is 5.56 Å². The van der Waals surface area contributed by atoms with Crippen molar-refractivity contribution in [3.63, 3.8) is 0 Å². The summed E-state index contributed by atoms with van der Waals surface area (Å²) in [5, 5.41) is 12.1. The van der Waals surface area contributed by atoms with E-state index in [9.17, 15) is 4.39 Å². The predicted octanol–water partition coefficient (Wildman–Crippen LogP) is 4.64. The number of benzene rings is 2. The molecule has 0 heterocycles. The molecule has 2 rings (SSSR count). The van der Waals surface area contributed by atoms with Gasteiger partial charge in [0.25, 0.3) is 0 Å². The number of rotatable bonds is 4. The third-order valence-electron chi connectivity index (χ3n) is 3.15. The van der Waals surface area contributed by atoms with Gasteiger partial charge in [-0.1, -0.05) is 6.07 Å². The van der Waals surface area contributed by atoms with E-state index in [-0.39, 0.29) is 17.6 Å². The Hall–Kier alpha value is -2.06. The zero-order chi connectivity index (χ0) is 15.4. The molecule has 0 spiro atoms. The summed E-state index contributed by atoms with van der Waals surface area (Å²) in [5.41, 5.74) is 2.23. The summed E-state index contributed by atoms with van der Waals surface area (Å²) < 4.78 is 19.4. The third kappa shape index (κ3) is 3.53. The number of methoxy groups -OCH3 is 1.